The summed E-state index contributed by atoms with van der Waals surface area (Å²) in [5.41, 5.74) is -0.514. The van der Waals surface area contributed by atoms with Crippen LogP contribution in [0.1, 0.15) is 46.5 Å². The first-order valence-electron chi connectivity index (χ1n) is 9.66. The Kier molecular flexibility index (Phi) is 7.13. The Morgan fingerprint density at radius 2 is 1.74 bits per heavy atom. The zero-order valence-electron chi connectivity index (χ0n) is 16.9. The number of carbonyl (C=O) groups is 2. The summed E-state index contributed by atoms with van der Waals surface area (Å²) in [5, 5.41) is 2.80. The highest BCUT2D eigenvalue weighted by Gasteiger charge is 2.34. The Labute approximate surface area is 162 Å². The molecule has 2 saturated heterocycles. The number of alkyl carbamates (subject to hydrolysis) is 1. The molecular weight excluding hydrogens is 370 g/mol. The van der Waals surface area contributed by atoms with E-state index < -0.39 is 21.7 Å². The van der Waals surface area contributed by atoms with Crippen LogP contribution < -0.4 is 5.32 Å². The Morgan fingerprint density at radius 1 is 1.11 bits per heavy atom. The number of likely N-dealkylation sites (tertiary alicyclic amines) is 1. The van der Waals surface area contributed by atoms with E-state index in [0.717, 1.165) is 25.7 Å². The second kappa shape index (κ2) is 8.77. The Bertz CT molecular complexity index is 636. The summed E-state index contributed by atoms with van der Waals surface area (Å²) < 4.78 is 30.1. The molecule has 0 aliphatic carbocycles. The summed E-state index contributed by atoms with van der Waals surface area (Å²) in [6, 6.07) is 0. The van der Waals surface area contributed by atoms with Crippen LogP contribution in [0.2, 0.25) is 0 Å². The molecule has 156 valence electrons. The molecule has 0 bridgehead atoms. The van der Waals surface area contributed by atoms with E-state index in [-0.39, 0.29) is 18.4 Å². The molecule has 0 aromatic heterocycles. The fourth-order valence-corrected chi connectivity index (χ4v) is 4.51. The number of sulfonamides is 1. The molecule has 2 amide bonds. The Morgan fingerprint density at radius 3 is 2.30 bits per heavy atom. The van der Waals surface area contributed by atoms with E-state index >= 15 is 0 Å². The van der Waals surface area contributed by atoms with Crippen LogP contribution >= 0.6 is 0 Å². The van der Waals surface area contributed by atoms with Gasteiger partial charge in [0.25, 0.3) is 0 Å². The highest BCUT2D eigenvalue weighted by molar-refractivity contribution is 7.88. The molecule has 2 aliphatic rings. The summed E-state index contributed by atoms with van der Waals surface area (Å²) in [6.45, 7) is 8.11. The first-order chi connectivity index (χ1) is 12.5. The molecule has 0 aromatic carbocycles. The normalized spacial score (nSPS) is 23.1. The van der Waals surface area contributed by atoms with E-state index in [1.165, 1.54) is 10.6 Å². The first-order valence-corrected chi connectivity index (χ1v) is 11.5. The van der Waals surface area contributed by atoms with Gasteiger partial charge in [0.05, 0.1) is 12.2 Å². The largest absolute Gasteiger partial charge is 0.444 e. The summed E-state index contributed by atoms with van der Waals surface area (Å²) in [6.07, 6.45) is 3.89. The Balaban J connectivity index is 1.76. The second-order valence-electron chi connectivity index (χ2n) is 8.61. The van der Waals surface area contributed by atoms with Gasteiger partial charge in [-0.15, -0.1) is 0 Å². The number of carbonyl (C=O) groups excluding carboxylic acids is 2. The molecule has 0 aromatic rings. The van der Waals surface area contributed by atoms with Crippen molar-refractivity contribution in [2.45, 2.75) is 52.1 Å². The topological polar surface area (TPSA) is 96.0 Å². The molecule has 27 heavy (non-hydrogen) atoms. The molecule has 2 aliphatic heterocycles. The summed E-state index contributed by atoms with van der Waals surface area (Å²) in [5.74, 6) is 0.132. The van der Waals surface area contributed by atoms with E-state index in [0.29, 0.717) is 32.1 Å². The maximum atomic E-state index is 12.8. The van der Waals surface area contributed by atoms with Crippen LogP contribution in [0.15, 0.2) is 0 Å². The standard InChI is InChI=1S/C18H33N3O5S/c1-18(2,3)26-17(23)19-12-14-7-10-20(11-8-14)16(22)15-6-5-9-21(13-15)27(4,24)25/h14-15H,5-13H2,1-4H3,(H,19,23). The lowest BCUT2D eigenvalue weighted by molar-refractivity contribution is -0.138. The van der Waals surface area contributed by atoms with Gasteiger partial charge in [0.15, 0.2) is 0 Å². The van der Waals surface area contributed by atoms with Gasteiger partial charge in [0.2, 0.25) is 15.9 Å². The predicted octanol–water partition coefficient (Wildman–Crippen LogP) is 1.42. The molecule has 2 heterocycles. The summed E-state index contributed by atoms with van der Waals surface area (Å²) >= 11 is 0. The van der Waals surface area contributed by atoms with Gasteiger partial charge < -0.3 is 15.0 Å². The van der Waals surface area contributed by atoms with Crippen LogP contribution in [-0.4, -0.2) is 74.2 Å². The van der Waals surface area contributed by atoms with E-state index in [4.69, 9.17) is 4.74 Å². The van der Waals surface area contributed by atoms with Crippen LogP contribution in [0.3, 0.4) is 0 Å². The number of piperidine rings is 2. The molecule has 0 saturated carbocycles. The lowest BCUT2D eigenvalue weighted by Crippen LogP contribution is -2.49. The van der Waals surface area contributed by atoms with Gasteiger partial charge in [-0.1, -0.05) is 0 Å². The zero-order chi connectivity index (χ0) is 20.2. The van der Waals surface area contributed by atoms with Gasteiger partial charge in [-0.25, -0.2) is 17.5 Å². The highest BCUT2D eigenvalue weighted by atomic mass is 32.2. The van der Waals surface area contributed by atoms with Gasteiger partial charge >= 0.3 is 6.09 Å². The van der Waals surface area contributed by atoms with Crippen molar-refractivity contribution >= 4 is 22.0 Å². The van der Waals surface area contributed by atoms with Crippen molar-refractivity contribution in [1.29, 1.82) is 0 Å². The van der Waals surface area contributed by atoms with Crippen molar-refractivity contribution in [2.24, 2.45) is 11.8 Å². The number of rotatable bonds is 4. The number of hydrogen-bond donors (Lipinski definition) is 1. The van der Waals surface area contributed by atoms with Crippen molar-refractivity contribution in [3.8, 4) is 0 Å². The minimum Gasteiger partial charge on any atom is -0.444 e. The molecule has 2 fully saturated rings. The number of nitrogens with zero attached hydrogens (tertiary/aromatic N) is 2. The maximum Gasteiger partial charge on any atom is 0.407 e. The molecule has 9 heteroatoms. The molecule has 0 spiro atoms. The second-order valence-corrected chi connectivity index (χ2v) is 10.6. The van der Waals surface area contributed by atoms with Crippen molar-refractivity contribution in [3.05, 3.63) is 0 Å². The first kappa shape index (κ1) is 21.9. The van der Waals surface area contributed by atoms with Gasteiger partial charge in [0.1, 0.15) is 5.60 Å². The monoisotopic (exact) mass is 403 g/mol. The molecule has 0 radical (unpaired) electrons. The number of ether oxygens (including phenoxy) is 1. The molecular formula is C18H33N3O5S. The fraction of sp³-hybridized carbons (Fsp3) is 0.889. The van der Waals surface area contributed by atoms with E-state index in [1.807, 2.05) is 25.7 Å². The van der Waals surface area contributed by atoms with Crippen molar-refractivity contribution in [2.75, 3.05) is 39.0 Å². The molecule has 2 rings (SSSR count). The third kappa shape index (κ3) is 6.95. The lowest BCUT2D eigenvalue weighted by Gasteiger charge is -2.37. The van der Waals surface area contributed by atoms with Crippen LogP contribution in [0.4, 0.5) is 4.79 Å². The Hall–Kier alpha value is -1.35. The van der Waals surface area contributed by atoms with Crippen molar-refractivity contribution in [3.63, 3.8) is 0 Å². The molecule has 1 N–H and O–H groups in total. The highest BCUT2D eigenvalue weighted by Crippen LogP contribution is 2.24. The lowest BCUT2D eigenvalue weighted by atomic mass is 9.93. The average Bonchev–Trinajstić information content (AvgIpc) is 2.58. The summed E-state index contributed by atoms with van der Waals surface area (Å²) in [7, 11) is -3.25. The third-order valence-corrected chi connectivity index (χ3v) is 6.33. The van der Waals surface area contributed by atoms with Gasteiger partial charge in [-0.2, -0.15) is 0 Å². The fourth-order valence-electron chi connectivity index (χ4n) is 3.60. The number of amides is 2. The third-order valence-electron chi connectivity index (χ3n) is 5.06. The van der Waals surface area contributed by atoms with E-state index in [2.05, 4.69) is 5.32 Å². The maximum absolute atomic E-state index is 12.8. The quantitative estimate of drug-likeness (QED) is 0.766. The van der Waals surface area contributed by atoms with Gasteiger partial charge in [-0.3, -0.25) is 4.79 Å². The summed E-state index contributed by atoms with van der Waals surface area (Å²) in [4.78, 5) is 26.4. The minimum atomic E-state index is -3.25. The molecule has 8 nitrogen and oxygen atoms in total. The van der Waals surface area contributed by atoms with Crippen LogP contribution in [0, 0.1) is 11.8 Å². The van der Waals surface area contributed by atoms with Gasteiger partial charge in [-0.05, 0) is 52.4 Å². The van der Waals surface area contributed by atoms with Gasteiger partial charge in [0, 0.05) is 32.7 Å². The van der Waals surface area contributed by atoms with Crippen molar-refractivity contribution < 1.29 is 22.7 Å². The average molecular weight is 404 g/mol. The SMILES string of the molecule is CC(C)(C)OC(=O)NCC1CCN(C(=O)C2CCCN(S(C)(=O)=O)C2)CC1. The smallest absolute Gasteiger partial charge is 0.407 e. The van der Waals surface area contributed by atoms with Crippen molar-refractivity contribution in [1.82, 2.24) is 14.5 Å². The van der Waals surface area contributed by atoms with Crippen LogP contribution in [-0.2, 0) is 19.6 Å². The minimum absolute atomic E-state index is 0.0573. The van der Waals surface area contributed by atoms with Crippen LogP contribution in [0.5, 0.6) is 0 Å². The predicted molar refractivity (Wildman–Crippen MR) is 103 cm³/mol. The van der Waals surface area contributed by atoms with Crippen LogP contribution in [0.25, 0.3) is 0 Å². The molecule has 1 unspecified atom stereocenters. The number of nitrogens with one attached hydrogen (secondary N) is 1. The zero-order valence-corrected chi connectivity index (χ0v) is 17.7. The molecule has 1 atom stereocenters. The van der Waals surface area contributed by atoms with E-state index in [9.17, 15) is 18.0 Å². The number of hydrogen-bond acceptors (Lipinski definition) is 5. The van der Waals surface area contributed by atoms with E-state index in [1.54, 1.807) is 0 Å².